The van der Waals surface area contributed by atoms with Gasteiger partial charge in [-0.25, -0.2) is 4.99 Å². The van der Waals surface area contributed by atoms with Crippen LogP contribution in [0.4, 0.5) is 5.69 Å². The lowest BCUT2D eigenvalue weighted by Gasteiger charge is -2.12. The minimum atomic E-state index is -0.260. The third-order valence-electron chi connectivity index (χ3n) is 4.07. The van der Waals surface area contributed by atoms with Crippen LogP contribution in [-0.2, 0) is 4.79 Å². The zero-order valence-electron chi connectivity index (χ0n) is 15.2. The van der Waals surface area contributed by atoms with E-state index in [0.717, 1.165) is 11.3 Å². The summed E-state index contributed by atoms with van der Waals surface area (Å²) in [7, 11) is 7.10. The molecule has 0 saturated carbocycles. The molecule has 1 aliphatic rings. The Morgan fingerprint density at radius 3 is 2.15 bits per heavy atom. The van der Waals surface area contributed by atoms with Crippen LogP contribution >= 0.6 is 0 Å². The molecule has 1 amide bonds. The molecule has 1 N–H and O–H groups in total. The molecule has 0 radical (unpaired) electrons. The molecule has 6 heteroatoms. The van der Waals surface area contributed by atoms with Crippen molar-refractivity contribution in [2.75, 3.05) is 33.2 Å². The van der Waals surface area contributed by atoms with E-state index in [-0.39, 0.29) is 5.91 Å². The maximum atomic E-state index is 12.4. The molecule has 2 aromatic rings. The van der Waals surface area contributed by atoms with E-state index in [1.807, 2.05) is 49.3 Å². The van der Waals surface area contributed by atoms with Gasteiger partial charge in [0, 0.05) is 19.8 Å². The van der Waals surface area contributed by atoms with Gasteiger partial charge in [-0.3, -0.25) is 4.79 Å². The molecule has 134 valence electrons. The first-order chi connectivity index (χ1) is 12.5. The Kier molecular flexibility index (Phi) is 4.93. The number of carbonyl (C=O) groups is 1. The van der Waals surface area contributed by atoms with E-state index in [9.17, 15) is 4.79 Å². The third-order valence-corrected chi connectivity index (χ3v) is 4.07. The average molecular weight is 351 g/mol. The molecule has 26 heavy (non-hydrogen) atoms. The minimum Gasteiger partial charge on any atom is -0.496 e. The van der Waals surface area contributed by atoms with Gasteiger partial charge in [-0.05, 0) is 35.9 Å². The molecule has 2 aromatic carbocycles. The highest BCUT2D eigenvalue weighted by Gasteiger charge is 2.26. The number of aliphatic imine (C=N–C) groups is 1. The van der Waals surface area contributed by atoms with Crippen molar-refractivity contribution in [2.45, 2.75) is 0 Å². The van der Waals surface area contributed by atoms with Crippen LogP contribution in [0.25, 0.3) is 6.08 Å². The quantitative estimate of drug-likeness (QED) is 0.842. The summed E-state index contributed by atoms with van der Waals surface area (Å²) in [6, 6.07) is 13.3. The summed E-state index contributed by atoms with van der Waals surface area (Å²) in [6.45, 7) is 0. The van der Waals surface area contributed by atoms with Crippen molar-refractivity contribution in [3.8, 4) is 11.5 Å². The summed E-state index contributed by atoms with van der Waals surface area (Å²) < 4.78 is 10.8. The van der Waals surface area contributed by atoms with E-state index < -0.39 is 0 Å². The Morgan fingerprint density at radius 1 is 1.00 bits per heavy atom. The number of amides is 1. The molecule has 6 nitrogen and oxygen atoms in total. The molecular weight excluding hydrogens is 330 g/mol. The predicted molar refractivity (Wildman–Crippen MR) is 103 cm³/mol. The fourth-order valence-electron chi connectivity index (χ4n) is 2.70. The highest BCUT2D eigenvalue weighted by molar-refractivity contribution is 6.21. The Labute approximate surface area is 152 Å². The molecule has 0 bridgehead atoms. The van der Waals surface area contributed by atoms with E-state index in [0.29, 0.717) is 28.6 Å². The average Bonchev–Trinajstić information content (AvgIpc) is 3.01. The summed E-state index contributed by atoms with van der Waals surface area (Å²) in [5.74, 6) is 1.32. The molecule has 0 spiro atoms. The van der Waals surface area contributed by atoms with Crippen LogP contribution in [0.2, 0.25) is 0 Å². The highest BCUT2D eigenvalue weighted by atomic mass is 16.5. The number of nitrogens with zero attached hydrogens (tertiary/aromatic N) is 2. The normalized spacial score (nSPS) is 14.8. The van der Waals surface area contributed by atoms with Crippen LogP contribution in [0.3, 0.4) is 0 Å². The SMILES string of the molecule is COc1cccc(OC)c1C1=N/C(=C/c2ccc(N(C)C)cc2)C(=O)N1. The minimum absolute atomic E-state index is 0.260. The molecule has 0 aromatic heterocycles. The van der Waals surface area contributed by atoms with Crippen molar-refractivity contribution in [3.63, 3.8) is 0 Å². The second-order valence-corrected chi connectivity index (χ2v) is 5.97. The number of hydrogen-bond acceptors (Lipinski definition) is 5. The molecule has 0 saturated heterocycles. The van der Waals surface area contributed by atoms with Gasteiger partial charge < -0.3 is 19.7 Å². The van der Waals surface area contributed by atoms with Gasteiger partial charge in [0.15, 0.2) is 0 Å². The van der Waals surface area contributed by atoms with Crippen LogP contribution in [0.15, 0.2) is 53.2 Å². The van der Waals surface area contributed by atoms with Gasteiger partial charge in [-0.2, -0.15) is 0 Å². The first-order valence-electron chi connectivity index (χ1n) is 8.14. The van der Waals surface area contributed by atoms with Crippen LogP contribution in [0.1, 0.15) is 11.1 Å². The summed E-state index contributed by atoms with van der Waals surface area (Å²) in [5.41, 5.74) is 2.95. The fourth-order valence-corrected chi connectivity index (χ4v) is 2.70. The largest absolute Gasteiger partial charge is 0.496 e. The van der Waals surface area contributed by atoms with Gasteiger partial charge in [0.25, 0.3) is 5.91 Å². The Hall–Kier alpha value is -3.28. The van der Waals surface area contributed by atoms with Crippen molar-refractivity contribution in [3.05, 3.63) is 59.3 Å². The van der Waals surface area contributed by atoms with Crippen molar-refractivity contribution < 1.29 is 14.3 Å². The van der Waals surface area contributed by atoms with Crippen LogP contribution in [-0.4, -0.2) is 40.1 Å². The maximum Gasteiger partial charge on any atom is 0.275 e. The summed E-state index contributed by atoms with van der Waals surface area (Å²) in [6.07, 6.45) is 1.75. The topological polar surface area (TPSA) is 63.2 Å². The summed E-state index contributed by atoms with van der Waals surface area (Å²) >= 11 is 0. The van der Waals surface area contributed by atoms with Crippen molar-refractivity contribution in [1.29, 1.82) is 0 Å². The smallest absolute Gasteiger partial charge is 0.275 e. The number of carbonyl (C=O) groups excluding carboxylic acids is 1. The standard InChI is InChI=1S/C20H21N3O3/c1-23(2)14-10-8-13(9-11-14)12-15-20(24)22-19(21-15)18-16(25-3)6-5-7-17(18)26-4/h5-12H,1-4H3,(H,21,22,24)/b15-12+. The van der Waals surface area contributed by atoms with Crippen LogP contribution < -0.4 is 19.7 Å². The van der Waals surface area contributed by atoms with E-state index >= 15 is 0 Å². The Morgan fingerprint density at radius 2 is 1.62 bits per heavy atom. The molecule has 1 heterocycles. The number of ether oxygens (including phenoxy) is 2. The fraction of sp³-hybridized carbons (Fsp3) is 0.200. The second-order valence-electron chi connectivity index (χ2n) is 5.97. The predicted octanol–water partition coefficient (Wildman–Crippen LogP) is 2.69. The van der Waals surface area contributed by atoms with E-state index in [1.54, 1.807) is 32.4 Å². The van der Waals surface area contributed by atoms with Crippen molar-refractivity contribution in [1.82, 2.24) is 5.32 Å². The first kappa shape index (κ1) is 17.5. The monoisotopic (exact) mass is 351 g/mol. The number of nitrogens with one attached hydrogen (secondary N) is 1. The molecule has 0 aliphatic carbocycles. The molecule has 0 fully saturated rings. The number of hydrogen-bond donors (Lipinski definition) is 1. The van der Waals surface area contributed by atoms with E-state index in [2.05, 4.69) is 10.3 Å². The zero-order chi connectivity index (χ0) is 18.7. The zero-order valence-corrected chi connectivity index (χ0v) is 15.2. The Bertz CT molecular complexity index is 861. The van der Waals surface area contributed by atoms with Crippen molar-refractivity contribution in [2.24, 2.45) is 4.99 Å². The lowest BCUT2D eigenvalue weighted by molar-refractivity contribution is -0.115. The number of anilines is 1. The van der Waals surface area contributed by atoms with E-state index in [1.165, 1.54) is 0 Å². The van der Waals surface area contributed by atoms with Crippen LogP contribution in [0, 0.1) is 0 Å². The number of benzene rings is 2. The lowest BCUT2D eigenvalue weighted by atomic mass is 10.1. The molecule has 3 rings (SSSR count). The van der Waals surface area contributed by atoms with Gasteiger partial charge in [-0.1, -0.05) is 18.2 Å². The molecule has 0 atom stereocenters. The van der Waals surface area contributed by atoms with Gasteiger partial charge in [0.05, 0.1) is 14.2 Å². The number of amidine groups is 1. The van der Waals surface area contributed by atoms with Crippen LogP contribution in [0.5, 0.6) is 11.5 Å². The van der Waals surface area contributed by atoms with Gasteiger partial charge in [0.2, 0.25) is 0 Å². The first-order valence-corrected chi connectivity index (χ1v) is 8.14. The Balaban J connectivity index is 1.97. The van der Waals surface area contributed by atoms with Gasteiger partial charge in [0.1, 0.15) is 28.6 Å². The third kappa shape index (κ3) is 3.39. The van der Waals surface area contributed by atoms with E-state index in [4.69, 9.17) is 9.47 Å². The number of rotatable bonds is 5. The van der Waals surface area contributed by atoms with Gasteiger partial charge in [-0.15, -0.1) is 0 Å². The van der Waals surface area contributed by atoms with Gasteiger partial charge >= 0.3 is 0 Å². The van der Waals surface area contributed by atoms with Crippen molar-refractivity contribution >= 4 is 23.5 Å². The summed E-state index contributed by atoms with van der Waals surface area (Å²) in [5, 5.41) is 2.79. The maximum absolute atomic E-state index is 12.4. The molecule has 1 aliphatic heterocycles. The summed E-state index contributed by atoms with van der Waals surface area (Å²) in [4.78, 5) is 18.8. The molecular formula is C20H21N3O3. The number of methoxy groups -OCH3 is 2. The molecule has 0 unspecified atom stereocenters. The highest BCUT2D eigenvalue weighted by Crippen LogP contribution is 2.30. The second kappa shape index (κ2) is 7.31. The lowest BCUT2D eigenvalue weighted by Crippen LogP contribution is -2.25.